The predicted molar refractivity (Wildman–Crippen MR) is 85.9 cm³/mol. The number of hydrogen-bond donors (Lipinski definition) is 1. The molecule has 2 aromatic heterocycles. The summed E-state index contributed by atoms with van der Waals surface area (Å²) in [5.74, 6) is 3.22. The largest absolute Gasteiger partial charge is 0.355 e. The minimum absolute atomic E-state index is 0.0384. The molecule has 3 atom stereocenters. The molecule has 0 saturated heterocycles. The van der Waals surface area contributed by atoms with Crippen molar-refractivity contribution < 1.29 is 0 Å². The molecule has 2 aliphatic carbocycles. The van der Waals surface area contributed by atoms with Crippen LogP contribution in [0.4, 0.5) is 5.95 Å². The lowest BCUT2D eigenvalue weighted by Crippen LogP contribution is -2.27. The molecule has 2 saturated carbocycles. The van der Waals surface area contributed by atoms with Gasteiger partial charge in [0.1, 0.15) is 5.52 Å². The van der Waals surface area contributed by atoms with Gasteiger partial charge in [0.25, 0.3) is 5.56 Å². The highest BCUT2D eigenvalue weighted by Gasteiger charge is 2.39. The molecule has 0 radical (unpaired) electrons. The number of anilines is 1. The van der Waals surface area contributed by atoms with Crippen LogP contribution in [-0.2, 0) is 14.1 Å². The molecule has 1 N–H and O–H groups in total. The van der Waals surface area contributed by atoms with Gasteiger partial charge in [0, 0.05) is 20.6 Å². The summed E-state index contributed by atoms with van der Waals surface area (Å²) < 4.78 is 3.23. The Morgan fingerprint density at radius 3 is 2.77 bits per heavy atom. The molecule has 22 heavy (non-hydrogen) atoms. The fraction of sp³-hybridized carbons (Fsp3) is 0.688. The molecule has 6 heteroatoms. The lowest BCUT2D eigenvalue weighted by molar-refractivity contribution is 0.347. The van der Waals surface area contributed by atoms with Gasteiger partial charge in [-0.05, 0) is 43.9 Å². The summed E-state index contributed by atoms with van der Waals surface area (Å²) in [6.07, 6.45) is 5.53. The highest BCUT2D eigenvalue weighted by atomic mass is 16.1. The van der Waals surface area contributed by atoms with Gasteiger partial charge in [-0.2, -0.15) is 5.10 Å². The van der Waals surface area contributed by atoms with E-state index in [0.29, 0.717) is 17.0 Å². The van der Waals surface area contributed by atoms with Crippen LogP contribution < -0.4 is 10.9 Å². The van der Waals surface area contributed by atoms with Crippen LogP contribution in [0, 0.1) is 24.7 Å². The van der Waals surface area contributed by atoms with E-state index in [-0.39, 0.29) is 5.56 Å². The molecule has 6 nitrogen and oxygen atoms in total. The molecule has 3 unspecified atom stereocenters. The van der Waals surface area contributed by atoms with Gasteiger partial charge in [0.15, 0.2) is 5.52 Å². The molecule has 2 bridgehead atoms. The van der Waals surface area contributed by atoms with Crippen molar-refractivity contribution in [3.8, 4) is 0 Å². The summed E-state index contributed by atoms with van der Waals surface area (Å²) in [7, 11) is 3.57. The maximum Gasteiger partial charge on any atom is 0.280 e. The van der Waals surface area contributed by atoms with Crippen LogP contribution >= 0.6 is 0 Å². The number of rotatable bonds is 3. The molecular formula is C16H23N5O. The van der Waals surface area contributed by atoms with Crippen molar-refractivity contribution in [2.24, 2.45) is 31.8 Å². The zero-order chi connectivity index (χ0) is 15.4. The molecular weight excluding hydrogens is 278 g/mol. The van der Waals surface area contributed by atoms with E-state index in [1.54, 1.807) is 23.3 Å². The number of aromatic nitrogens is 4. The lowest BCUT2D eigenvalue weighted by atomic mass is 9.89. The Morgan fingerprint density at radius 2 is 2.09 bits per heavy atom. The zero-order valence-electron chi connectivity index (χ0n) is 13.5. The van der Waals surface area contributed by atoms with Gasteiger partial charge in [0.2, 0.25) is 5.95 Å². The molecule has 2 aliphatic rings. The Labute approximate surface area is 129 Å². The Kier molecular flexibility index (Phi) is 3.03. The number of nitrogens with one attached hydrogen (secondary N) is 1. The third kappa shape index (κ3) is 1.96. The van der Waals surface area contributed by atoms with E-state index in [1.165, 1.54) is 25.7 Å². The summed E-state index contributed by atoms with van der Waals surface area (Å²) >= 11 is 0. The number of fused-ring (bicyclic) bond motifs is 3. The van der Waals surface area contributed by atoms with E-state index in [2.05, 4.69) is 15.4 Å². The van der Waals surface area contributed by atoms with E-state index >= 15 is 0 Å². The normalized spacial score (nSPS) is 27.0. The lowest BCUT2D eigenvalue weighted by Gasteiger charge is -2.22. The number of aryl methyl sites for hydroxylation is 2. The molecule has 4 rings (SSSR count). The molecule has 0 aliphatic heterocycles. The van der Waals surface area contributed by atoms with E-state index in [1.807, 2.05) is 6.92 Å². The quantitative estimate of drug-likeness (QED) is 0.939. The van der Waals surface area contributed by atoms with E-state index in [4.69, 9.17) is 0 Å². The second kappa shape index (κ2) is 4.83. The van der Waals surface area contributed by atoms with Crippen molar-refractivity contribution in [3.63, 3.8) is 0 Å². The van der Waals surface area contributed by atoms with Gasteiger partial charge in [-0.1, -0.05) is 6.42 Å². The van der Waals surface area contributed by atoms with Crippen LogP contribution in [0.3, 0.4) is 0 Å². The van der Waals surface area contributed by atoms with E-state index < -0.39 is 0 Å². The highest BCUT2D eigenvalue weighted by Crippen LogP contribution is 2.48. The molecule has 2 fully saturated rings. The van der Waals surface area contributed by atoms with Crippen LogP contribution in [0.25, 0.3) is 11.0 Å². The summed E-state index contributed by atoms with van der Waals surface area (Å²) in [6.45, 7) is 2.82. The fourth-order valence-corrected chi connectivity index (χ4v) is 4.46. The molecule has 2 aromatic rings. The van der Waals surface area contributed by atoms with Gasteiger partial charge in [-0.15, -0.1) is 0 Å². The minimum Gasteiger partial charge on any atom is -0.355 e. The van der Waals surface area contributed by atoms with Gasteiger partial charge in [-0.3, -0.25) is 14.0 Å². The molecule has 2 heterocycles. The second-order valence-corrected chi connectivity index (χ2v) is 7.02. The summed E-state index contributed by atoms with van der Waals surface area (Å²) in [6, 6.07) is 0. The third-order valence-electron chi connectivity index (χ3n) is 5.64. The monoisotopic (exact) mass is 301 g/mol. The minimum atomic E-state index is -0.0384. The van der Waals surface area contributed by atoms with Gasteiger partial charge >= 0.3 is 0 Å². The van der Waals surface area contributed by atoms with E-state index in [9.17, 15) is 4.79 Å². The van der Waals surface area contributed by atoms with E-state index in [0.717, 1.165) is 30.0 Å². The van der Waals surface area contributed by atoms with Gasteiger partial charge < -0.3 is 5.32 Å². The predicted octanol–water partition coefficient (Wildman–Crippen LogP) is 1.82. The van der Waals surface area contributed by atoms with Crippen LogP contribution in [0.1, 0.15) is 31.4 Å². The molecule has 0 amide bonds. The molecule has 0 aromatic carbocycles. The molecule has 118 valence electrons. The summed E-state index contributed by atoms with van der Waals surface area (Å²) in [4.78, 5) is 17.2. The fourth-order valence-electron chi connectivity index (χ4n) is 4.46. The Morgan fingerprint density at radius 1 is 1.27 bits per heavy atom. The average molecular weight is 301 g/mol. The van der Waals surface area contributed by atoms with Gasteiger partial charge in [-0.25, -0.2) is 4.98 Å². The van der Waals surface area contributed by atoms with Crippen LogP contribution in [0.15, 0.2) is 4.79 Å². The third-order valence-corrected chi connectivity index (χ3v) is 5.64. The van der Waals surface area contributed by atoms with Gasteiger partial charge in [0.05, 0.1) is 5.69 Å². The topological polar surface area (TPSA) is 64.7 Å². The Hall–Kier alpha value is -1.85. The van der Waals surface area contributed by atoms with Crippen molar-refractivity contribution in [3.05, 3.63) is 16.0 Å². The second-order valence-electron chi connectivity index (χ2n) is 7.02. The summed E-state index contributed by atoms with van der Waals surface area (Å²) in [5, 5.41) is 7.74. The van der Waals surface area contributed by atoms with Crippen molar-refractivity contribution in [1.82, 2.24) is 19.3 Å². The van der Waals surface area contributed by atoms with Crippen molar-refractivity contribution in [1.29, 1.82) is 0 Å². The Bertz CT molecular complexity index is 790. The highest BCUT2D eigenvalue weighted by molar-refractivity contribution is 5.77. The first-order valence-electron chi connectivity index (χ1n) is 8.18. The van der Waals surface area contributed by atoms with Crippen molar-refractivity contribution >= 4 is 17.0 Å². The van der Waals surface area contributed by atoms with Crippen molar-refractivity contribution in [2.75, 3.05) is 11.9 Å². The maximum atomic E-state index is 12.5. The standard InChI is InChI=1S/C16H23N5O/c1-9-13-14(21(3)19-9)15(22)20(2)16(18-13)17-8-12-7-10-4-5-11(12)6-10/h10-12H,4-8H2,1-3H3,(H,17,18). The van der Waals surface area contributed by atoms with Crippen LogP contribution in [0.5, 0.6) is 0 Å². The first kappa shape index (κ1) is 13.8. The first-order chi connectivity index (χ1) is 10.5. The van der Waals surface area contributed by atoms with Crippen molar-refractivity contribution in [2.45, 2.75) is 32.6 Å². The van der Waals surface area contributed by atoms with Crippen LogP contribution in [-0.4, -0.2) is 25.9 Å². The maximum absolute atomic E-state index is 12.5. The zero-order valence-corrected chi connectivity index (χ0v) is 13.5. The SMILES string of the molecule is Cc1nn(C)c2c(=O)n(C)c(NCC3CC4CCC3C4)nc12. The first-order valence-corrected chi connectivity index (χ1v) is 8.18. The smallest absolute Gasteiger partial charge is 0.280 e. The number of hydrogen-bond acceptors (Lipinski definition) is 4. The summed E-state index contributed by atoms with van der Waals surface area (Å²) in [5.41, 5.74) is 2.05. The average Bonchev–Trinajstić information content (AvgIpc) is 3.16. The Balaban J connectivity index is 1.63. The molecule has 0 spiro atoms. The number of nitrogens with zero attached hydrogens (tertiary/aromatic N) is 4. The van der Waals surface area contributed by atoms with Crippen LogP contribution in [0.2, 0.25) is 0 Å².